The van der Waals surface area contributed by atoms with Gasteiger partial charge in [-0.15, -0.1) is 14.1 Å². The summed E-state index contributed by atoms with van der Waals surface area (Å²) >= 11 is 5.75. The van der Waals surface area contributed by atoms with Crippen LogP contribution >= 0.6 is 11.6 Å². The highest BCUT2D eigenvalue weighted by Crippen LogP contribution is 2.38. The molecule has 10 nitrogen and oxygen atoms in total. The van der Waals surface area contributed by atoms with Crippen molar-refractivity contribution < 1.29 is 22.0 Å². The van der Waals surface area contributed by atoms with Gasteiger partial charge in [0.05, 0.1) is 15.6 Å². The molecule has 0 unspecified atom stereocenters. The van der Waals surface area contributed by atoms with Crippen LogP contribution in [0.5, 0.6) is 0 Å². The molecule has 0 saturated heterocycles. The number of hydrogen-bond donors (Lipinski definition) is 1. The number of halogens is 2. The molecule has 1 N–H and O–H groups in total. The summed E-state index contributed by atoms with van der Waals surface area (Å²) in [5, 5.41) is 21.1. The maximum Gasteiger partial charge on any atom is 0.333 e. The third-order valence-electron chi connectivity index (χ3n) is 4.17. The van der Waals surface area contributed by atoms with Crippen LogP contribution in [-0.2, 0) is 15.0 Å². The number of anilines is 2. The lowest BCUT2D eigenvalue weighted by Crippen LogP contribution is -2.21. The van der Waals surface area contributed by atoms with Crippen molar-refractivity contribution in [3.05, 3.63) is 45.5 Å². The van der Waals surface area contributed by atoms with Crippen LogP contribution in [0.3, 0.4) is 0 Å². The second-order valence-electron chi connectivity index (χ2n) is 6.22. The van der Waals surface area contributed by atoms with Gasteiger partial charge in [-0.2, -0.15) is 8.42 Å². The van der Waals surface area contributed by atoms with Gasteiger partial charge in [0.2, 0.25) is 5.91 Å². The van der Waals surface area contributed by atoms with Crippen LogP contribution in [-0.4, -0.2) is 32.3 Å². The van der Waals surface area contributed by atoms with Crippen LogP contribution in [0.2, 0.25) is 5.02 Å². The number of nitro groups is 1. The molecule has 0 aliphatic carbocycles. The summed E-state index contributed by atoms with van der Waals surface area (Å²) in [5.74, 6) is -0.361. The van der Waals surface area contributed by atoms with Gasteiger partial charge < -0.3 is 10.2 Å². The maximum absolute atomic E-state index is 13.3. The summed E-state index contributed by atoms with van der Waals surface area (Å²) in [7, 11) is -5.27. The molecule has 0 spiro atoms. The van der Waals surface area contributed by atoms with Gasteiger partial charge in [-0.25, -0.2) is 0 Å². The lowest BCUT2D eigenvalue weighted by atomic mass is 10.2. The number of benzene rings is 2. The molecular weight excluding hydrogens is 453 g/mol. The molecule has 0 aliphatic rings. The first kappa shape index (κ1) is 24.2. The highest BCUT2D eigenvalue weighted by molar-refractivity contribution is 7.86. The van der Waals surface area contributed by atoms with Crippen LogP contribution < -0.4 is 10.2 Å². The molecule has 0 atom stereocenters. The van der Waals surface area contributed by atoms with E-state index < -0.39 is 30.8 Å². The van der Waals surface area contributed by atoms with Gasteiger partial charge >= 0.3 is 10.2 Å². The monoisotopic (exact) mass is 471 g/mol. The predicted octanol–water partition coefficient (Wildman–Crippen LogP) is 5.13. The van der Waals surface area contributed by atoms with E-state index in [-0.39, 0.29) is 17.3 Å². The highest BCUT2D eigenvalue weighted by atomic mass is 35.5. The Labute approximate surface area is 183 Å². The average molecular weight is 472 g/mol. The Morgan fingerprint density at radius 2 is 1.81 bits per heavy atom. The zero-order chi connectivity index (χ0) is 23.3. The standard InChI is InChI=1S/C18H19ClFN5O5S/c1-4-24(5-2)12-6-7-14(15(8-12)21-11(3)26)22-23-16-9-13(19)18(31(20,29)30)10-17(16)25(27)28/h6-10H,4-5H2,1-3H3,(H,21,26)/b23-22+. The van der Waals surface area contributed by atoms with Gasteiger partial charge in [0.15, 0.2) is 5.69 Å². The minimum atomic E-state index is -5.27. The van der Waals surface area contributed by atoms with Gasteiger partial charge in [-0.3, -0.25) is 14.9 Å². The van der Waals surface area contributed by atoms with Gasteiger partial charge in [-0.05, 0) is 38.1 Å². The summed E-state index contributed by atoms with van der Waals surface area (Å²) in [6, 6.07) is 6.30. The molecule has 2 aromatic rings. The summed E-state index contributed by atoms with van der Waals surface area (Å²) in [5.41, 5.74) is 0.143. The Morgan fingerprint density at radius 1 is 1.19 bits per heavy atom. The van der Waals surface area contributed by atoms with Gasteiger partial charge in [0.1, 0.15) is 10.6 Å². The number of amides is 1. The fourth-order valence-corrected chi connectivity index (χ4v) is 3.72. The molecule has 1 amide bonds. The van der Waals surface area contributed by atoms with Crippen molar-refractivity contribution in [2.24, 2.45) is 10.2 Å². The minimum Gasteiger partial charge on any atom is -0.372 e. The molecule has 0 bridgehead atoms. The Hall–Kier alpha value is -3.12. The summed E-state index contributed by atoms with van der Waals surface area (Å²) in [6.45, 7) is 6.71. The van der Waals surface area contributed by atoms with Crippen molar-refractivity contribution in [3.8, 4) is 0 Å². The third-order valence-corrected chi connectivity index (χ3v) is 5.46. The van der Waals surface area contributed by atoms with E-state index in [2.05, 4.69) is 15.5 Å². The molecule has 0 saturated carbocycles. The first-order valence-corrected chi connectivity index (χ1v) is 10.7. The SMILES string of the molecule is CCN(CC)c1ccc(/N=N/c2cc(Cl)c(S(=O)(=O)F)cc2[N+](=O)[O-])c(NC(C)=O)c1. The van der Waals surface area contributed by atoms with Gasteiger partial charge in [0.25, 0.3) is 5.69 Å². The van der Waals surface area contributed by atoms with E-state index in [1.807, 2.05) is 18.7 Å². The van der Waals surface area contributed by atoms with Crippen LogP contribution in [0, 0.1) is 10.1 Å². The van der Waals surface area contributed by atoms with Crippen molar-refractivity contribution in [1.29, 1.82) is 0 Å². The third kappa shape index (κ3) is 5.95. The molecule has 0 aliphatic heterocycles. The molecular formula is C18H19ClFN5O5S. The summed E-state index contributed by atoms with van der Waals surface area (Å²) < 4.78 is 35.6. The summed E-state index contributed by atoms with van der Waals surface area (Å²) in [6.07, 6.45) is 0. The number of hydrogen-bond acceptors (Lipinski definition) is 8. The maximum atomic E-state index is 13.3. The highest BCUT2D eigenvalue weighted by Gasteiger charge is 2.25. The number of rotatable bonds is 8. The number of nitro benzene ring substituents is 1. The van der Waals surface area contributed by atoms with Gasteiger partial charge in [0, 0.05) is 31.8 Å². The molecule has 0 fully saturated rings. The number of nitrogens with zero attached hydrogens (tertiary/aromatic N) is 4. The average Bonchev–Trinajstić information content (AvgIpc) is 2.66. The second kappa shape index (κ2) is 9.79. The summed E-state index contributed by atoms with van der Waals surface area (Å²) in [4.78, 5) is 22.9. The molecule has 0 aromatic heterocycles. The number of carbonyl (C=O) groups is 1. The Bertz CT molecular complexity index is 1150. The van der Waals surface area contributed by atoms with Crippen molar-refractivity contribution in [2.45, 2.75) is 25.7 Å². The molecule has 166 valence electrons. The molecule has 2 rings (SSSR count). The minimum absolute atomic E-state index is 0.193. The van der Waals surface area contributed by atoms with E-state index >= 15 is 0 Å². The Kier molecular flexibility index (Phi) is 7.63. The van der Waals surface area contributed by atoms with E-state index in [4.69, 9.17) is 11.6 Å². The lowest BCUT2D eigenvalue weighted by molar-refractivity contribution is -0.384. The zero-order valence-corrected chi connectivity index (χ0v) is 18.4. The Morgan fingerprint density at radius 3 is 2.32 bits per heavy atom. The first-order chi connectivity index (χ1) is 14.5. The number of carbonyl (C=O) groups excluding carboxylic acids is 1. The number of azo groups is 1. The van der Waals surface area contributed by atoms with Crippen molar-refractivity contribution >= 4 is 56.2 Å². The second-order valence-corrected chi connectivity index (χ2v) is 7.94. The fraction of sp³-hybridized carbons (Fsp3) is 0.278. The largest absolute Gasteiger partial charge is 0.372 e. The van der Waals surface area contributed by atoms with E-state index in [9.17, 15) is 27.2 Å². The van der Waals surface area contributed by atoms with Crippen LogP contribution in [0.25, 0.3) is 0 Å². The fourth-order valence-electron chi connectivity index (χ4n) is 2.74. The molecule has 31 heavy (non-hydrogen) atoms. The lowest BCUT2D eigenvalue weighted by Gasteiger charge is -2.22. The predicted molar refractivity (Wildman–Crippen MR) is 115 cm³/mol. The molecule has 2 aromatic carbocycles. The quantitative estimate of drug-likeness (QED) is 0.245. The first-order valence-electron chi connectivity index (χ1n) is 8.98. The Balaban J connectivity index is 2.57. The van der Waals surface area contributed by atoms with E-state index in [1.54, 1.807) is 18.2 Å². The van der Waals surface area contributed by atoms with Crippen molar-refractivity contribution in [2.75, 3.05) is 23.3 Å². The van der Waals surface area contributed by atoms with E-state index in [0.717, 1.165) is 24.8 Å². The topological polar surface area (TPSA) is 134 Å². The van der Waals surface area contributed by atoms with Gasteiger partial charge in [-0.1, -0.05) is 11.6 Å². The molecule has 0 heterocycles. The van der Waals surface area contributed by atoms with Crippen LogP contribution in [0.15, 0.2) is 45.5 Å². The normalized spacial score (nSPS) is 11.5. The zero-order valence-electron chi connectivity index (χ0n) is 16.8. The van der Waals surface area contributed by atoms with E-state index in [0.29, 0.717) is 11.8 Å². The van der Waals surface area contributed by atoms with Crippen molar-refractivity contribution in [1.82, 2.24) is 0 Å². The van der Waals surface area contributed by atoms with Crippen LogP contribution in [0.1, 0.15) is 20.8 Å². The number of nitrogens with one attached hydrogen (secondary N) is 1. The molecule has 13 heteroatoms. The van der Waals surface area contributed by atoms with Crippen LogP contribution in [0.4, 0.5) is 32.3 Å². The van der Waals surface area contributed by atoms with E-state index in [1.165, 1.54) is 6.92 Å². The van der Waals surface area contributed by atoms with Crippen molar-refractivity contribution in [3.63, 3.8) is 0 Å². The smallest absolute Gasteiger partial charge is 0.333 e. The molecule has 0 radical (unpaired) electrons.